The number of carbonyl (C=O) groups excluding carboxylic acids is 1. The Kier molecular flexibility index (Phi) is 9.13. The largest absolute Gasteiger partial charge is 0.481 e. The molecule has 1 aliphatic rings. The zero-order valence-corrected chi connectivity index (χ0v) is 18.6. The van der Waals surface area contributed by atoms with Crippen molar-refractivity contribution in [1.29, 1.82) is 0 Å². The number of carbonyl (C=O) groups is 2. The minimum atomic E-state index is -0.833. The van der Waals surface area contributed by atoms with E-state index in [9.17, 15) is 4.79 Å². The first-order valence-corrected chi connectivity index (χ1v) is 10.5. The molecular formula is C20H33N7O4. The zero-order chi connectivity index (χ0) is 23.0. The van der Waals surface area contributed by atoms with Crippen LogP contribution in [0.3, 0.4) is 0 Å². The molecule has 1 aliphatic carbocycles. The Morgan fingerprint density at radius 2 is 2.10 bits per heavy atom. The molecule has 0 aliphatic heterocycles. The first kappa shape index (κ1) is 24.5. The van der Waals surface area contributed by atoms with Gasteiger partial charge in [0.25, 0.3) is 5.97 Å². The van der Waals surface area contributed by atoms with E-state index in [0.717, 1.165) is 44.1 Å². The van der Waals surface area contributed by atoms with Crippen molar-refractivity contribution in [2.75, 3.05) is 13.7 Å². The van der Waals surface area contributed by atoms with Gasteiger partial charge < -0.3 is 20.9 Å². The van der Waals surface area contributed by atoms with Crippen molar-refractivity contribution >= 4 is 11.9 Å². The van der Waals surface area contributed by atoms with Crippen LogP contribution in [0.4, 0.5) is 0 Å². The maximum atomic E-state index is 11.8. The molecule has 0 radical (unpaired) electrons. The third-order valence-corrected chi connectivity index (χ3v) is 4.95. The topological polar surface area (TPSA) is 150 Å². The molecule has 0 bridgehead atoms. The fraction of sp³-hybridized carbons (Fsp3) is 0.650. The smallest absolute Gasteiger partial charge is 0.300 e. The van der Waals surface area contributed by atoms with Gasteiger partial charge in [-0.25, -0.2) is 9.67 Å². The summed E-state index contributed by atoms with van der Waals surface area (Å²) in [4.78, 5) is 25.5. The standard InChI is InChI=1S/C18H29N7O2.C2H4O2/c1-4-7-27-15-8-12(5-6-14(15)19)18-22-16(9-17(26)20-2)23-25(18)13-10-21-24(3)11-13;1-2(3)4/h10-12,14-15H,4-9,19H2,1-3H3,(H,20,26);1H3,(H,3,4)/t12-,14-,15-;/m0./s1. The van der Waals surface area contributed by atoms with Gasteiger partial charge in [0.15, 0.2) is 5.82 Å². The number of amides is 1. The second kappa shape index (κ2) is 11.6. The van der Waals surface area contributed by atoms with Gasteiger partial charge in [0.2, 0.25) is 5.91 Å². The second-order valence-electron chi connectivity index (χ2n) is 7.62. The van der Waals surface area contributed by atoms with Gasteiger partial charge in [0.1, 0.15) is 11.5 Å². The maximum absolute atomic E-state index is 11.8. The molecule has 4 N–H and O–H groups in total. The van der Waals surface area contributed by atoms with Crippen LogP contribution in [0, 0.1) is 0 Å². The molecule has 2 aromatic rings. The number of hydrogen-bond acceptors (Lipinski definition) is 7. The van der Waals surface area contributed by atoms with E-state index in [4.69, 9.17) is 25.4 Å². The number of hydrogen-bond donors (Lipinski definition) is 3. The number of likely N-dealkylation sites (N-methyl/N-ethyl adjacent to an activating group) is 1. The number of nitrogens with zero attached hydrogens (tertiary/aromatic N) is 5. The number of nitrogens with two attached hydrogens (primary N) is 1. The lowest BCUT2D eigenvalue weighted by Crippen LogP contribution is -2.42. The van der Waals surface area contributed by atoms with Crippen molar-refractivity contribution in [2.24, 2.45) is 12.8 Å². The third-order valence-electron chi connectivity index (χ3n) is 4.95. The van der Waals surface area contributed by atoms with Crippen LogP contribution in [0.15, 0.2) is 12.4 Å². The summed E-state index contributed by atoms with van der Waals surface area (Å²) < 4.78 is 9.51. The molecule has 0 spiro atoms. The van der Waals surface area contributed by atoms with Crippen molar-refractivity contribution in [3.63, 3.8) is 0 Å². The molecule has 2 heterocycles. The molecule has 3 atom stereocenters. The SMILES string of the molecule is CC(=O)O.CCCO[C@H]1C[C@@H](c2nc(CC(=O)NC)nn2-c2cnn(C)c2)CC[C@@H]1N. The summed E-state index contributed by atoms with van der Waals surface area (Å²) >= 11 is 0. The van der Waals surface area contributed by atoms with E-state index >= 15 is 0 Å². The average molecular weight is 436 g/mol. The van der Waals surface area contributed by atoms with E-state index < -0.39 is 5.97 Å². The highest BCUT2D eigenvalue weighted by atomic mass is 16.5. The molecule has 0 unspecified atom stereocenters. The van der Waals surface area contributed by atoms with E-state index in [1.54, 1.807) is 17.9 Å². The zero-order valence-electron chi connectivity index (χ0n) is 18.6. The molecule has 31 heavy (non-hydrogen) atoms. The number of ether oxygens (including phenoxy) is 1. The molecule has 0 saturated heterocycles. The van der Waals surface area contributed by atoms with Crippen LogP contribution < -0.4 is 11.1 Å². The summed E-state index contributed by atoms with van der Waals surface area (Å²) in [5.41, 5.74) is 7.10. The average Bonchev–Trinajstić information content (AvgIpc) is 3.33. The van der Waals surface area contributed by atoms with Crippen molar-refractivity contribution in [2.45, 2.75) is 64.0 Å². The van der Waals surface area contributed by atoms with E-state index in [0.29, 0.717) is 12.4 Å². The van der Waals surface area contributed by atoms with Gasteiger partial charge in [-0.15, -0.1) is 0 Å². The van der Waals surface area contributed by atoms with Crippen LogP contribution in [-0.4, -0.2) is 67.3 Å². The Balaban J connectivity index is 0.000000785. The predicted octanol–water partition coefficient (Wildman–Crippen LogP) is 0.770. The highest BCUT2D eigenvalue weighted by molar-refractivity contribution is 5.77. The summed E-state index contributed by atoms with van der Waals surface area (Å²) in [7, 11) is 3.47. The number of carboxylic acid groups (broad SMARTS) is 1. The van der Waals surface area contributed by atoms with Crippen molar-refractivity contribution in [1.82, 2.24) is 29.9 Å². The summed E-state index contributed by atoms with van der Waals surface area (Å²) in [6.45, 7) is 3.89. The Hall–Kier alpha value is -2.79. The van der Waals surface area contributed by atoms with Gasteiger partial charge in [-0.2, -0.15) is 10.2 Å². The van der Waals surface area contributed by atoms with E-state index in [1.807, 2.05) is 17.9 Å². The van der Waals surface area contributed by atoms with Gasteiger partial charge in [-0.1, -0.05) is 6.92 Å². The van der Waals surface area contributed by atoms with Crippen LogP contribution in [0.2, 0.25) is 0 Å². The van der Waals surface area contributed by atoms with Crippen molar-refractivity contribution in [3.8, 4) is 5.69 Å². The van der Waals surface area contributed by atoms with Crippen LogP contribution in [0.5, 0.6) is 0 Å². The normalized spacial score (nSPS) is 20.6. The molecule has 11 nitrogen and oxygen atoms in total. The van der Waals surface area contributed by atoms with Gasteiger partial charge in [-0.05, 0) is 25.7 Å². The quantitative estimate of drug-likeness (QED) is 0.577. The summed E-state index contributed by atoms with van der Waals surface area (Å²) in [5, 5.41) is 18.9. The fourth-order valence-electron chi connectivity index (χ4n) is 3.50. The van der Waals surface area contributed by atoms with Gasteiger partial charge >= 0.3 is 0 Å². The molecule has 1 saturated carbocycles. The molecular weight excluding hydrogens is 402 g/mol. The Morgan fingerprint density at radius 3 is 2.68 bits per heavy atom. The third kappa shape index (κ3) is 7.14. The van der Waals surface area contributed by atoms with Crippen LogP contribution in [-0.2, 0) is 27.8 Å². The second-order valence-corrected chi connectivity index (χ2v) is 7.62. The number of aliphatic carboxylic acids is 1. The summed E-state index contributed by atoms with van der Waals surface area (Å²) in [5.74, 6) is 0.588. The Morgan fingerprint density at radius 1 is 1.39 bits per heavy atom. The maximum Gasteiger partial charge on any atom is 0.300 e. The van der Waals surface area contributed by atoms with Crippen molar-refractivity contribution in [3.05, 3.63) is 24.0 Å². The minimum Gasteiger partial charge on any atom is -0.481 e. The lowest BCUT2D eigenvalue weighted by Gasteiger charge is -2.33. The van der Waals surface area contributed by atoms with E-state index in [2.05, 4.69) is 22.4 Å². The molecule has 3 rings (SSSR count). The molecule has 1 fully saturated rings. The van der Waals surface area contributed by atoms with E-state index in [1.165, 1.54) is 0 Å². The number of aromatic nitrogens is 5. The fourth-order valence-corrected chi connectivity index (χ4v) is 3.50. The van der Waals surface area contributed by atoms with Crippen LogP contribution in [0.25, 0.3) is 5.69 Å². The number of aryl methyl sites for hydroxylation is 1. The van der Waals surface area contributed by atoms with Crippen LogP contribution in [0.1, 0.15) is 57.1 Å². The first-order chi connectivity index (χ1) is 14.7. The van der Waals surface area contributed by atoms with Crippen LogP contribution >= 0.6 is 0 Å². The number of carboxylic acids is 1. The Bertz CT molecular complexity index is 860. The number of rotatable bonds is 7. The number of nitrogens with one attached hydrogen (secondary N) is 1. The van der Waals surface area contributed by atoms with Gasteiger partial charge in [-0.3, -0.25) is 14.3 Å². The summed E-state index contributed by atoms with van der Waals surface area (Å²) in [6, 6.07) is 0.0490. The Labute approximate surface area is 182 Å². The lowest BCUT2D eigenvalue weighted by molar-refractivity contribution is -0.134. The first-order valence-electron chi connectivity index (χ1n) is 10.5. The van der Waals surface area contributed by atoms with E-state index in [-0.39, 0.29) is 30.4 Å². The van der Waals surface area contributed by atoms with Gasteiger partial charge in [0, 0.05) is 39.6 Å². The molecule has 2 aromatic heterocycles. The molecule has 1 amide bonds. The van der Waals surface area contributed by atoms with Crippen molar-refractivity contribution < 1.29 is 19.4 Å². The van der Waals surface area contributed by atoms with Gasteiger partial charge in [0.05, 0.1) is 24.9 Å². The molecule has 11 heteroatoms. The highest BCUT2D eigenvalue weighted by Crippen LogP contribution is 2.34. The minimum absolute atomic E-state index is 0.0186. The highest BCUT2D eigenvalue weighted by Gasteiger charge is 2.33. The monoisotopic (exact) mass is 435 g/mol. The predicted molar refractivity (Wildman–Crippen MR) is 114 cm³/mol. The molecule has 172 valence electrons. The summed E-state index contributed by atoms with van der Waals surface area (Å²) in [6.07, 6.45) is 7.39. The lowest BCUT2D eigenvalue weighted by atomic mass is 9.83. The molecule has 0 aromatic carbocycles.